The van der Waals surface area contributed by atoms with Crippen LogP contribution in [0.4, 0.5) is 5.69 Å². The molecule has 100 valence electrons. The number of ether oxygens (including phenoxy) is 2. The van der Waals surface area contributed by atoms with E-state index >= 15 is 0 Å². The molecule has 0 aromatic heterocycles. The number of carbonyl (C=O) groups is 1. The van der Waals surface area contributed by atoms with Crippen LogP contribution in [-0.2, 0) is 20.8 Å². The average Bonchev–Trinajstić information content (AvgIpc) is 2.39. The average molecular weight is 252 g/mol. The molecule has 0 saturated heterocycles. The summed E-state index contributed by atoms with van der Waals surface area (Å²) in [5, 5.41) is 2.78. The zero-order valence-corrected chi connectivity index (χ0v) is 10.6. The van der Waals surface area contributed by atoms with Gasteiger partial charge in [-0.25, -0.2) is 0 Å². The fourth-order valence-electron chi connectivity index (χ4n) is 1.48. The Morgan fingerprint density at radius 2 is 2.11 bits per heavy atom. The molecule has 0 fully saturated rings. The highest BCUT2D eigenvalue weighted by atomic mass is 16.5. The lowest BCUT2D eigenvalue weighted by Gasteiger charge is -2.09. The highest BCUT2D eigenvalue weighted by Crippen LogP contribution is 2.13. The summed E-state index contributed by atoms with van der Waals surface area (Å²) in [5.74, 6) is -0.173. The molecule has 0 aliphatic carbocycles. The van der Waals surface area contributed by atoms with E-state index in [-0.39, 0.29) is 12.5 Å². The molecule has 5 heteroatoms. The van der Waals surface area contributed by atoms with Crippen molar-refractivity contribution in [2.45, 2.75) is 13.0 Å². The molecule has 1 aromatic rings. The van der Waals surface area contributed by atoms with Gasteiger partial charge in [0.25, 0.3) is 0 Å². The number of hydrogen-bond acceptors (Lipinski definition) is 4. The highest BCUT2D eigenvalue weighted by molar-refractivity contribution is 5.92. The standard InChI is InChI=1S/C13H20N2O3/c1-17-7-4-8-18-10-13(16)15-12-6-3-2-5-11(12)9-14/h2-3,5-6H,4,7-10,14H2,1H3,(H,15,16). The molecule has 0 bridgehead atoms. The second kappa shape index (κ2) is 8.63. The lowest BCUT2D eigenvalue weighted by Crippen LogP contribution is -2.20. The molecule has 0 atom stereocenters. The van der Waals surface area contributed by atoms with Crippen LogP contribution in [0.5, 0.6) is 0 Å². The summed E-state index contributed by atoms with van der Waals surface area (Å²) < 4.78 is 10.1. The second-order valence-electron chi connectivity index (χ2n) is 3.81. The lowest BCUT2D eigenvalue weighted by molar-refractivity contribution is -0.120. The normalized spacial score (nSPS) is 10.3. The molecule has 3 N–H and O–H groups in total. The number of methoxy groups -OCH3 is 1. The second-order valence-corrected chi connectivity index (χ2v) is 3.81. The maximum Gasteiger partial charge on any atom is 0.250 e. The quantitative estimate of drug-likeness (QED) is 0.680. The number of carbonyl (C=O) groups excluding carboxylic acids is 1. The maximum atomic E-state index is 11.6. The molecule has 0 radical (unpaired) electrons. The van der Waals surface area contributed by atoms with E-state index in [4.69, 9.17) is 15.2 Å². The van der Waals surface area contributed by atoms with Crippen LogP contribution in [0.2, 0.25) is 0 Å². The Hall–Kier alpha value is -1.43. The van der Waals surface area contributed by atoms with E-state index in [1.165, 1.54) is 0 Å². The highest BCUT2D eigenvalue weighted by Gasteiger charge is 2.05. The van der Waals surface area contributed by atoms with Crippen LogP contribution in [0, 0.1) is 0 Å². The Kier molecular flexibility index (Phi) is 7.01. The van der Waals surface area contributed by atoms with Gasteiger partial charge in [-0.1, -0.05) is 18.2 Å². The van der Waals surface area contributed by atoms with E-state index in [0.717, 1.165) is 17.7 Å². The topological polar surface area (TPSA) is 73.6 Å². The van der Waals surface area contributed by atoms with Gasteiger partial charge in [0.1, 0.15) is 6.61 Å². The Bertz CT molecular complexity index is 369. The smallest absolute Gasteiger partial charge is 0.250 e. The van der Waals surface area contributed by atoms with Gasteiger partial charge in [0.2, 0.25) is 5.91 Å². The summed E-state index contributed by atoms with van der Waals surface area (Å²) in [7, 11) is 1.64. The molecule has 0 unspecified atom stereocenters. The zero-order chi connectivity index (χ0) is 13.2. The van der Waals surface area contributed by atoms with Gasteiger partial charge in [0.15, 0.2) is 0 Å². The van der Waals surface area contributed by atoms with Crippen LogP contribution in [-0.4, -0.2) is 32.8 Å². The number of nitrogens with two attached hydrogens (primary N) is 1. The van der Waals surface area contributed by atoms with Crippen molar-refractivity contribution in [1.82, 2.24) is 0 Å². The number of para-hydroxylation sites is 1. The van der Waals surface area contributed by atoms with Crippen molar-refractivity contribution in [2.24, 2.45) is 5.73 Å². The van der Waals surface area contributed by atoms with Crippen LogP contribution < -0.4 is 11.1 Å². The monoisotopic (exact) mass is 252 g/mol. The number of hydrogen-bond donors (Lipinski definition) is 2. The molecule has 0 aliphatic heterocycles. The van der Waals surface area contributed by atoms with Crippen molar-refractivity contribution in [2.75, 3.05) is 32.2 Å². The predicted octanol–water partition coefficient (Wildman–Crippen LogP) is 1.14. The first-order chi connectivity index (χ1) is 8.77. The fraction of sp³-hybridized carbons (Fsp3) is 0.462. The third-order valence-electron chi connectivity index (χ3n) is 2.38. The van der Waals surface area contributed by atoms with Crippen molar-refractivity contribution >= 4 is 11.6 Å². The van der Waals surface area contributed by atoms with E-state index in [0.29, 0.717) is 19.8 Å². The van der Waals surface area contributed by atoms with Crippen LogP contribution >= 0.6 is 0 Å². The summed E-state index contributed by atoms with van der Waals surface area (Å²) in [6.07, 6.45) is 0.781. The first-order valence-electron chi connectivity index (χ1n) is 5.92. The van der Waals surface area contributed by atoms with Gasteiger partial charge in [0, 0.05) is 32.6 Å². The van der Waals surface area contributed by atoms with Crippen molar-refractivity contribution in [3.63, 3.8) is 0 Å². The predicted molar refractivity (Wildman–Crippen MR) is 70.3 cm³/mol. The molecule has 5 nitrogen and oxygen atoms in total. The number of benzene rings is 1. The molecular formula is C13H20N2O3. The summed E-state index contributed by atoms with van der Waals surface area (Å²) >= 11 is 0. The summed E-state index contributed by atoms with van der Waals surface area (Å²) in [6.45, 7) is 1.59. The van der Waals surface area contributed by atoms with E-state index < -0.39 is 0 Å². The zero-order valence-electron chi connectivity index (χ0n) is 10.6. The maximum absolute atomic E-state index is 11.6. The number of rotatable bonds is 8. The summed E-state index contributed by atoms with van der Waals surface area (Å²) in [4.78, 5) is 11.6. The van der Waals surface area contributed by atoms with Crippen molar-refractivity contribution in [1.29, 1.82) is 0 Å². The Balaban J connectivity index is 2.31. The van der Waals surface area contributed by atoms with Gasteiger partial charge >= 0.3 is 0 Å². The third-order valence-corrected chi connectivity index (χ3v) is 2.38. The van der Waals surface area contributed by atoms with E-state index in [9.17, 15) is 4.79 Å². The molecular weight excluding hydrogens is 232 g/mol. The van der Waals surface area contributed by atoms with Crippen LogP contribution in [0.1, 0.15) is 12.0 Å². The van der Waals surface area contributed by atoms with Gasteiger partial charge in [0.05, 0.1) is 0 Å². The molecule has 0 aliphatic rings. The lowest BCUT2D eigenvalue weighted by atomic mass is 10.2. The van der Waals surface area contributed by atoms with Crippen LogP contribution in [0.15, 0.2) is 24.3 Å². The van der Waals surface area contributed by atoms with Crippen molar-refractivity contribution in [3.8, 4) is 0 Å². The fourth-order valence-corrected chi connectivity index (χ4v) is 1.48. The Morgan fingerprint density at radius 3 is 2.83 bits per heavy atom. The van der Waals surface area contributed by atoms with Gasteiger partial charge < -0.3 is 20.5 Å². The summed E-state index contributed by atoms with van der Waals surface area (Å²) in [5.41, 5.74) is 7.23. The van der Waals surface area contributed by atoms with E-state index in [1.54, 1.807) is 7.11 Å². The summed E-state index contributed by atoms with van der Waals surface area (Å²) in [6, 6.07) is 7.45. The number of anilines is 1. The molecule has 1 rings (SSSR count). The van der Waals surface area contributed by atoms with E-state index in [1.807, 2.05) is 24.3 Å². The first kappa shape index (κ1) is 14.6. The Morgan fingerprint density at radius 1 is 1.33 bits per heavy atom. The van der Waals surface area contributed by atoms with Crippen molar-refractivity contribution in [3.05, 3.63) is 29.8 Å². The molecule has 1 amide bonds. The minimum absolute atomic E-state index is 0.0443. The van der Waals surface area contributed by atoms with E-state index in [2.05, 4.69) is 5.32 Å². The Labute approximate surface area is 107 Å². The SMILES string of the molecule is COCCCOCC(=O)Nc1ccccc1CN. The number of amides is 1. The minimum Gasteiger partial charge on any atom is -0.385 e. The molecule has 1 aromatic carbocycles. The van der Waals surface area contributed by atoms with Crippen molar-refractivity contribution < 1.29 is 14.3 Å². The minimum atomic E-state index is -0.173. The van der Waals surface area contributed by atoms with Gasteiger partial charge in [-0.3, -0.25) is 4.79 Å². The molecule has 0 saturated carbocycles. The molecule has 0 heterocycles. The first-order valence-corrected chi connectivity index (χ1v) is 5.92. The van der Waals surface area contributed by atoms with Crippen LogP contribution in [0.3, 0.4) is 0 Å². The van der Waals surface area contributed by atoms with Gasteiger partial charge in [-0.05, 0) is 18.1 Å². The third kappa shape index (κ3) is 5.27. The van der Waals surface area contributed by atoms with Gasteiger partial charge in [-0.15, -0.1) is 0 Å². The van der Waals surface area contributed by atoms with Gasteiger partial charge in [-0.2, -0.15) is 0 Å². The molecule has 0 spiro atoms. The van der Waals surface area contributed by atoms with Crippen LogP contribution in [0.25, 0.3) is 0 Å². The molecule has 18 heavy (non-hydrogen) atoms. The number of nitrogens with one attached hydrogen (secondary N) is 1. The largest absolute Gasteiger partial charge is 0.385 e.